The van der Waals surface area contributed by atoms with Crippen LogP contribution in [0.2, 0.25) is 0 Å². The van der Waals surface area contributed by atoms with E-state index in [9.17, 15) is 9.90 Å². The number of benzene rings is 1. The van der Waals surface area contributed by atoms with Crippen molar-refractivity contribution in [2.75, 3.05) is 14.2 Å². The molecule has 0 bridgehead atoms. The largest absolute Gasteiger partial charge is 0.508 e. The lowest BCUT2D eigenvalue weighted by Gasteiger charge is -2.16. The van der Waals surface area contributed by atoms with E-state index in [0.29, 0.717) is 0 Å². The van der Waals surface area contributed by atoms with Crippen molar-refractivity contribution >= 4 is 12.0 Å². The van der Waals surface area contributed by atoms with Crippen LogP contribution < -0.4 is 5.32 Å². The zero-order valence-electron chi connectivity index (χ0n) is 18.1. The van der Waals surface area contributed by atoms with Crippen molar-refractivity contribution in [3.8, 4) is 5.75 Å². The summed E-state index contributed by atoms with van der Waals surface area (Å²) in [4.78, 5) is 12.3. The van der Waals surface area contributed by atoms with Crippen molar-refractivity contribution in [2.24, 2.45) is 0 Å². The molecule has 0 aliphatic rings. The highest BCUT2D eigenvalue weighted by molar-refractivity contribution is 5.92. The van der Waals surface area contributed by atoms with Gasteiger partial charge < -0.3 is 15.2 Å². The minimum Gasteiger partial charge on any atom is -0.508 e. The van der Waals surface area contributed by atoms with Gasteiger partial charge in [-0.1, -0.05) is 31.2 Å². The third kappa shape index (κ3) is 11.4. The number of carbonyl (C=O) groups excluding carboxylic acids is 1. The molecule has 0 aromatic heterocycles. The lowest BCUT2D eigenvalue weighted by Crippen LogP contribution is -2.33. The van der Waals surface area contributed by atoms with Crippen LogP contribution in [0.3, 0.4) is 0 Å². The van der Waals surface area contributed by atoms with Crippen molar-refractivity contribution in [1.82, 2.24) is 5.32 Å². The van der Waals surface area contributed by atoms with E-state index in [0.717, 1.165) is 48.8 Å². The number of rotatable bonds is 10. The Hall–Kier alpha value is -2.33. The molecule has 0 radical (unpaired) electrons. The third-order valence-electron chi connectivity index (χ3n) is 4.13. The van der Waals surface area contributed by atoms with Gasteiger partial charge in [-0.05, 0) is 74.8 Å². The summed E-state index contributed by atoms with van der Waals surface area (Å²) in [7, 11) is 3.25. The van der Waals surface area contributed by atoms with Gasteiger partial charge in [0.2, 0.25) is 5.91 Å². The van der Waals surface area contributed by atoms with Crippen molar-refractivity contribution in [1.29, 1.82) is 0 Å². The van der Waals surface area contributed by atoms with E-state index >= 15 is 0 Å². The predicted octanol–water partition coefficient (Wildman–Crippen LogP) is 5.48. The fourth-order valence-electron chi connectivity index (χ4n) is 2.64. The highest BCUT2D eigenvalue weighted by atomic mass is 16.4. The molecule has 0 spiro atoms. The zero-order valence-corrected chi connectivity index (χ0v) is 18.1. The Bertz CT molecular complexity index is 647. The molecule has 1 aromatic rings. The fourth-order valence-corrected chi connectivity index (χ4v) is 2.64. The second-order valence-electron chi connectivity index (χ2n) is 6.78. The number of ether oxygens (including phenoxy) is 1. The van der Waals surface area contributed by atoms with Gasteiger partial charge in [-0.15, -0.1) is 6.58 Å². The molecule has 1 unspecified atom stereocenters. The average Bonchev–Trinajstić information content (AvgIpc) is 2.64. The summed E-state index contributed by atoms with van der Waals surface area (Å²) in [6, 6.07) is 3.74. The molecule has 0 aliphatic heterocycles. The number of unbranched alkanes of at least 4 members (excludes halogenated alkanes) is 1. The number of phenols is 1. The molecule has 1 rings (SSSR count). The smallest absolute Gasteiger partial charge is 0.244 e. The summed E-state index contributed by atoms with van der Waals surface area (Å²) in [5.74, 6) is 0.144. The Labute approximate surface area is 171 Å². The first kappa shape index (κ1) is 25.7. The summed E-state index contributed by atoms with van der Waals surface area (Å²) in [5, 5.41) is 12.9. The van der Waals surface area contributed by atoms with Gasteiger partial charge in [0.15, 0.2) is 0 Å². The topological polar surface area (TPSA) is 58.6 Å². The second-order valence-corrected chi connectivity index (χ2v) is 6.78. The Kier molecular flexibility index (Phi) is 14.4. The minimum atomic E-state index is -0.104. The van der Waals surface area contributed by atoms with E-state index in [2.05, 4.69) is 35.7 Å². The van der Waals surface area contributed by atoms with Crippen LogP contribution in [0.5, 0.6) is 5.75 Å². The van der Waals surface area contributed by atoms with Crippen molar-refractivity contribution in [3.63, 3.8) is 0 Å². The Morgan fingerprint density at radius 1 is 1.25 bits per heavy atom. The summed E-state index contributed by atoms with van der Waals surface area (Å²) in [6.45, 7) is 9.68. The van der Waals surface area contributed by atoms with Gasteiger partial charge >= 0.3 is 0 Å². The van der Waals surface area contributed by atoms with E-state index in [1.165, 1.54) is 0 Å². The monoisotopic (exact) mass is 387 g/mol. The Morgan fingerprint density at radius 3 is 2.54 bits per heavy atom. The van der Waals surface area contributed by atoms with Gasteiger partial charge in [-0.25, -0.2) is 0 Å². The zero-order chi connectivity index (χ0) is 21.4. The SMILES string of the molecule is C=CCCCC(C/C=C\CC)NC(=O)/C=C/c1cc(O)c(C)cc1C.COC. The van der Waals surface area contributed by atoms with E-state index in [1.807, 2.05) is 26.0 Å². The molecule has 4 heteroatoms. The highest BCUT2D eigenvalue weighted by Gasteiger charge is 2.09. The fraction of sp³-hybridized carbons (Fsp3) is 0.458. The molecule has 1 atom stereocenters. The standard InChI is InChI=1S/C22H31NO2.C2H6O/c1-5-7-9-11-20(12-10-8-6-2)23-22(25)14-13-19-16-21(24)18(4)15-17(19)3;1-3-2/h5,8,10,13-16,20,24H,1,6-7,9,11-12H2,2-4H3,(H,23,25);1-2H3/b10-8-,14-13+;. The van der Waals surface area contributed by atoms with Crippen molar-refractivity contribution in [2.45, 2.75) is 58.9 Å². The molecule has 0 heterocycles. The number of phenolic OH excluding ortho intramolecular Hbond substituents is 1. The molecule has 0 saturated carbocycles. The van der Waals surface area contributed by atoms with E-state index in [1.54, 1.807) is 32.4 Å². The third-order valence-corrected chi connectivity index (χ3v) is 4.13. The number of aryl methyl sites for hydroxylation is 2. The summed E-state index contributed by atoms with van der Waals surface area (Å²) in [5.41, 5.74) is 2.73. The first-order chi connectivity index (χ1) is 13.4. The maximum atomic E-state index is 12.3. The van der Waals surface area contributed by atoms with E-state index in [4.69, 9.17) is 0 Å². The van der Waals surface area contributed by atoms with Gasteiger partial charge in [0.05, 0.1) is 0 Å². The van der Waals surface area contributed by atoms with Gasteiger partial charge in [-0.3, -0.25) is 4.79 Å². The molecule has 1 amide bonds. The van der Waals surface area contributed by atoms with Gasteiger partial charge in [-0.2, -0.15) is 0 Å². The summed E-state index contributed by atoms with van der Waals surface area (Å²) < 4.78 is 4.25. The predicted molar refractivity (Wildman–Crippen MR) is 120 cm³/mol. The molecule has 1 aromatic carbocycles. The molecule has 4 nitrogen and oxygen atoms in total. The first-order valence-electron chi connectivity index (χ1n) is 9.84. The number of methoxy groups -OCH3 is 1. The molecule has 28 heavy (non-hydrogen) atoms. The molecular formula is C24H37NO3. The van der Waals surface area contributed by atoms with Crippen LogP contribution in [-0.2, 0) is 9.53 Å². The van der Waals surface area contributed by atoms with Crippen LogP contribution in [0.4, 0.5) is 0 Å². The maximum absolute atomic E-state index is 12.3. The van der Waals surface area contributed by atoms with Gasteiger partial charge in [0, 0.05) is 26.3 Å². The highest BCUT2D eigenvalue weighted by Crippen LogP contribution is 2.22. The minimum absolute atomic E-state index is 0.104. The molecular weight excluding hydrogens is 350 g/mol. The van der Waals surface area contributed by atoms with Gasteiger partial charge in [0.25, 0.3) is 0 Å². The molecule has 0 saturated heterocycles. The van der Waals surface area contributed by atoms with Gasteiger partial charge in [0.1, 0.15) is 5.75 Å². The average molecular weight is 388 g/mol. The number of carbonyl (C=O) groups is 1. The summed E-state index contributed by atoms with van der Waals surface area (Å²) >= 11 is 0. The molecule has 0 fully saturated rings. The number of hydrogen-bond acceptors (Lipinski definition) is 3. The second kappa shape index (κ2) is 15.7. The lowest BCUT2D eigenvalue weighted by atomic mass is 10.0. The normalized spacial score (nSPS) is 11.9. The number of hydrogen-bond donors (Lipinski definition) is 2. The Morgan fingerprint density at radius 2 is 1.93 bits per heavy atom. The van der Waals surface area contributed by atoms with Crippen molar-refractivity contribution in [3.05, 3.63) is 59.7 Å². The van der Waals surface area contributed by atoms with Crippen LogP contribution >= 0.6 is 0 Å². The van der Waals surface area contributed by atoms with Crippen LogP contribution in [0, 0.1) is 13.8 Å². The number of nitrogens with one attached hydrogen (secondary N) is 1. The van der Waals surface area contributed by atoms with E-state index in [-0.39, 0.29) is 17.7 Å². The number of aromatic hydroxyl groups is 1. The number of amides is 1. The van der Waals surface area contributed by atoms with Crippen LogP contribution in [0.25, 0.3) is 6.08 Å². The van der Waals surface area contributed by atoms with Crippen LogP contribution in [0.15, 0.2) is 43.0 Å². The maximum Gasteiger partial charge on any atom is 0.244 e. The summed E-state index contributed by atoms with van der Waals surface area (Å²) in [6.07, 6.45) is 14.2. The molecule has 0 aliphatic carbocycles. The molecule has 156 valence electrons. The van der Waals surface area contributed by atoms with Crippen molar-refractivity contribution < 1.29 is 14.6 Å². The number of allylic oxidation sites excluding steroid dienone is 2. The lowest BCUT2D eigenvalue weighted by molar-refractivity contribution is -0.117. The quantitative estimate of drug-likeness (QED) is 0.317. The van der Waals surface area contributed by atoms with E-state index < -0.39 is 0 Å². The Balaban J connectivity index is 0.00000227. The first-order valence-corrected chi connectivity index (χ1v) is 9.84. The molecule has 2 N–H and O–H groups in total. The van der Waals surface area contributed by atoms with Crippen LogP contribution in [0.1, 0.15) is 55.7 Å². The van der Waals surface area contributed by atoms with Crippen LogP contribution in [-0.4, -0.2) is 31.3 Å².